The molecule has 1 N–H and O–H groups in total. The summed E-state index contributed by atoms with van der Waals surface area (Å²) in [6, 6.07) is 1.65. The summed E-state index contributed by atoms with van der Waals surface area (Å²) in [4.78, 5) is 16.7. The van der Waals surface area contributed by atoms with E-state index in [4.69, 9.17) is 4.42 Å². The second-order valence-corrected chi connectivity index (χ2v) is 8.21. The van der Waals surface area contributed by atoms with Crippen molar-refractivity contribution in [3.8, 4) is 0 Å². The zero-order chi connectivity index (χ0) is 20.5. The van der Waals surface area contributed by atoms with Crippen molar-refractivity contribution in [2.24, 2.45) is 0 Å². The molecule has 0 atom stereocenters. The van der Waals surface area contributed by atoms with Crippen LogP contribution in [0, 0.1) is 6.92 Å². The third-order valence-corrected chi connectivity index (χ3v) is 5.19. The summed E-state index contributed by atoms with van der Waals surface area (Å²) < 4.78 is 43.5. The third kappa shape index (κ3) is 4.19. The van der Waals surface area contributed by atoms with Crippen LogP contribution in [0.2, 0.25) is 0 Å². The van der Waals surface area contributed by atoms with Gasteiger partial charge in [0.2, 0.25) is 15.7 Å². The van der Waals surface area contributed by atoms with Gasteiger partial charge >= 0.3 is 0 Å². The Hall–Kier alpha value is -2.68. The van der Waals surface area contributed by atoms with Crippen LogP contribution in [0.3, 0.4) is 0 Å². The summed E-state index contributed by atoms with van der Waals surface area (Å²) in [7, 11) is -0.640. The van der Waals surface area contributed by atoms with Crippen molar-refractivity contribution in [1.29, 1.82) is 0 Å². The van der Waals surface area contributed by atoms with Gasteiger partial charge in [0.05, 0.1) is 23.0 Å². The van der Waals surface area contributed by atoms with Gasteiger partial charge in [-0.2, -0.15) is 4.98 Å². The van der Waals surface area contributed by atoms with E-state index in [0.29, 0.717) is 16.5 Å². The molecule has 0 fully saturated rings. The van der Waals surface area contributed by atoms with Crippen LogP contribution in [-0.2, 0) is 10.0 Å². The van der Waals surface area contributed by atoms with Gasteiger partial charge < -0.3 is 9.73 Å². The molecule has 0 aliphatic carbocycles. The number of hydrogen-bond donors (Lipinski definition) is 1. The van der Waals surface area contributed by atoms with Gasteiger partial charge in [-0.3, -0.25) is 9.10 Å². The molecule has 2 rings (SSSR count). The van der Waals surface area contributed by atoms with E-state index in [2.05, 4.69) is 10.3 Å². The van der Waals surface area contributed by atoms with Crippen LogP contribution in [0.25, 0.3) is 16.7 Å². The number of sulfonamides is 1. The molecule has 27 heavy (non-hydrogen) atoms. The molecule has 2 heterocycles. The minimum atomic E-state index is -3.52. The lowest BCUT2D eigenvalue weighted by Crippen LogP contribution is -2.26. The molecule has 2 aromatic rings. The summed E-state index contributed by atoms with van der Waals surface area (Å²) >= 11 is 0. The van der Waals surface area contributed by atoms with Crippen molar-refractivity contribution in [3.63, 3.8) is 0 Å². The van der Waals surface area contributed by atoms with E-state index in [-0.39, 0.29) is 28.8 Å². The molecule has 0 bridgehead atoms. The molecule has 0 aliphatic rings. The van der Waals surface area contributed by atoms with Gasteiger partial charge in [0.25, 0.3) is 5.91 Å². The smallest absolute Gasteiger partial charge is 0.255 e. The van der Waals surface area contributed by atoms with Gasteiger partial charge in [-0.25, -0.2) is 12.8 Å². The van der Waals surface area contributed by atoms with E-state index >= 15 is 0 Å². The first kappa shape index (κ1) is 20.6. The Morgan fingerprint density at radius 2 is 1.96 bits per heavy atom. The minimum absolute atomic E-state index is 0.119. The molecule has 0 aromatic carbocycles. The first-order valence-corrected chi connectivity index (χ1v) is 9.93. The number of pyridine rings is 1. The Balaban J connectivity index is 2.80. The quantitative estimate of drug-likeness (QED) is 0.785. The zero-order valence-corrected chi connectivity index (χ0v) is 16.9. The Kier molecular flexibility index (Phi) is 5.74. The van der Waals surface area contributed by atoms with Crippen molar-refractivity contribution in [1.82, 2.24) is 10.3 Å². The molecule has 9 heteroatoms. The lowest BCUT2D eigenvalue weighted by molar-refractivity contribution is 0.0963. The predicted molar refractivity (Wildman–Crippen MR) is 104 cm³/mol. The number of carbonyl (C=O) groups is 1. The van der Waals surface area contributed by atoms with Crippen LogP contribution >= 0.6 is 0 Å². The lowest BCUT2D eigenvalue weighted by Gasteiger charge is -2.17. The summed E-state index contributed by atoms with van der Waals surface area (Å²) in [5.41, 5.74) is 1.47. The highest BCUT2D eigenvalue weighted by atomic mass is 32.2. The second-order valence-electron chi connectivity index (χ2n) is 6.20. The number of aromatic nitrogens is 1. The van der Waals surface area contributed by atoms with Crippen LogP contribution in [0.4, 0.5) is 10.2 Å². The fraction of sp³-hybridized carbons (Fsp3) is 0.333. The number of fused-ring (bicyclic) bond motifs is 1. The van der Waals surface area contributed by atoms with Crippen molar-refractivity contribution in [2.75, 3.05) is 24.7 Å². The first-order valence-electron chi connectivity index (χ1n) is 8.08. The highest BCUT2D eigenvalue weighted by Crippen LogP contribution is 2.33. The van der Waals surface area contributed by atoms with E-state index in [1.165, 1.54) is 33.2 Å². The average molecular weight is 395 g/mol. The molecule has 0 spiro atoms. The highest BCUT2D eigenvalue weighted by molar-refractivity contribution is 7.92. The largest absolute Gasteiger partial charge is 0.437 e. The Morgan fingerprint density at radius 3 is 2.48 bits per heavy atom. The number of allylic oxidation sites excluding steroid dienone is 4. The first-order chi connectivity index (χ1) is 12.5. The maximum absolute atomic E-state index is 13.0. The number of halogens is 1. The maximum Gasteiger partial charge on any atom is 0.255 e. The van der Waals surface area contributed by atoms with Gasteiger partial charge in [-0.1, -0.05) is 6.08 Å². The van der Waals surface area contributed by atoms with Crippen molar-refractivity contribution in [2.45, 2.75) is 20.8 Å². The second kappa shape index (κ2) is 7.51. The van der Waals surface area contributed by atoms with Gasteiger partial charge in [0.1, 0.15) is 11.6 Å². The predicted octanol–water partition coefficient (Wildman–Crippen LogP) is 3.17. The average Bonchev–Trinajstić information content (AvgIpc) is 2.95. The molecule has 0 radical (unpaired) electrons. The van der Waals surface area contributed by atoms with E-state index < -0.39 is 15.9 Å². The van der Waals surface area contributed by atoms with Gasteiger partial charge in [-0.15, -0.1) is 0 Å². The molecule has 2 aromatic heterocycles. The van der Waals surface area contributed by atoms with E-state index in [1.54, 1.807) is 19.9 Å². The normalized spacial score (nSPS) is 13.1. The summed E-state index contributed by atoms with van der Waals surface area (Å²) in [6.07, 6.45) is 3.83. The Morgan fingerprint density at radius 1 is 1.33 bits per heavy atom. The number of hydrogen-bond acceptors (Lipinski definition) is 5. The van der Waals surface area contributed by atoms with Crippen LogP contribution in [0.15, 0.2) is 28.5 Å². The number of amides is 1. The molecule has 0 unspecified atom stereocenters. The van der Waals surface area contributed by atoms with Crippen molar-refractivity contribution in [3.05, 3.63) is 40.9 Å². The van der Waals surface area contributed by atoms with Crippen LogP contribution in [0.1, 0.15) is 35.5 Å². The number of nitrogens with zero attached hydrogens (tertiary/aromatic N) is 2. The molecule has 0 saturated carbocycles. The standard InChI is InChI=1S/C18H22FN3O4S/c1-10(7-8-12(3)19)15-14(17(23)20-4)13-9-11(2)16(21-18(13)26-15)22(5)27(6,24)25/h7-9H,1-6H3,(H,20,23). The number of anilines is 1. The van der Waals surface area contributed by atoms with Crippen LogP contribution < -0.4 is 9.62 Å². The number of rotatable bonds is 5. The molecule has 7 nitrogen and oxygen atoms in total. The Bertz CT molecular complexity index is 1060. The van der Waals surface area contributed by atoms with Gasteiger partial charge in [0, 0.05) is 14.1 Å². The van der Waals surface area contributed by atoms with E-state index in [0.717, 1.165) is 10.6 Å². The van der Waals surface area contributed by atoms with Crippen molar-refractivity contribution < 1.29 is 22.0 Å². The van der Waals surface area contributed by atoms with E-state index in [9.17, 15) is 17.6 Å². The molecule has 0 saturated heterocycles. The number of nitrogens with one attached hydrogen (secondary N) is 1. The summed E-state index contributed by atoms with van der Waals surface area (Å²) in [6.45, 7) is 4.68. The molecular formula is C18H22FN3O4S. The van der Waals surface area contributed by atoms with Crippen LogP contribution in [-0.4, -0.2) is 39.7 Å². The topological polar surface area (TPSA) is 92.5 Å². The SMILES string of the molecule is CNC(=O)c1c(C(C)=CC=C(C)F)oc2nc(N(C)S(C)(=O)=O)c(C)cc12. The molecular weight excluding hydrogens is 373 g/mol. The summed E-state index contributed by atoms with van der Waals surface area (Å²) in [5, 5.41) is 3.00. The van der Waals surface area contributed by atoms with Crippen molar-refractivity contribution >= 4 is 38.4 Å². The molecule has 1 amide bonds. The van der Waals surface area contributed by atoms with Gasteiger partial charge in [0.15, 0.2) is 0 Å². The molecule has 146 valence electrons. The highest BCUT2D eigenvalue weighted by Gasteiger charge is 2.25. The van der Waals surface area contributed by atoms with E-state index in [1.807, 2.05) is 0 Å². The molecule has 0 aliphatic heterocycles. The number of aryl methyl sites for hydroxylation is 1. The zero-order valence-electron chi connectivity index (χ0n) is 16.0. The number of carbonyl (C=O) groups excluding carboxylic acids is 1. The minimum Gasteiger partial charge on any atom is -0.437 e. The van der Waals surface area contributed by atoms with Crippen LogP contribution in [0.5, 0.6) is 0 Å². The van der Waals surface area contributed by atoms with Gasteiger partial charge in [-0.05, 0) is 44.1 Å². The maximum atomic E-state index is 13.0. The fourth-order valence-electron chi connectivity index (χ4n) is 2.53. The Labute approximate surface area is 157 Å². The third-order valence-electron chi connectivity index (χ3n) is 4.02. The number of furan rings is 1. The lowest BCUT2D eigenvalue weighted by atomic mass is 10.1. The monoisotopic (exact) mass is 395 g/mol. The fourth-order valence-corrected chi connectivity index (χ4v) is 3.03. The summed E-state index contributed by atoms with van der Waals surface area (Å²) in [5.74, 6) is -0.330.